The highest BCUT2D eigenvalue weighted by Crippen LogP contribution is 2.49. The quantitative estimate of drug-likeness (QED) is 0.163. The molecule has 0 radical (unpaired) electrons. The Morgan fingerprint density at radius 3 is 2.55 bits per heavy atom. The third-order valence-electron chi connectivity index (χ3n) is 10.0. The number of carbonyl (C=O) groups is 1. The van der Waals surface area contributed by atoms with Crippen molar-refractivity contribution in [1.82, 2.24) is 34.3 Å². The van der Waals surface area contributed by atoms with E-state index in [0.29, 0.717) is 41.0 Å². The van der Waals surface area contributed by atoms with Crippen molar-refractivity contribution in [3.63, 3.8) is 0 Å². The van der Waals surface area contributed by atoms with Crippen molar-refractivity contribution >= 4 is 38.2 Å². The molecule has 1 saturated heterocycles. The smallest absolute Gasteiger partial charge is 0.246 e. The Hall–Kier alpha value is -5.01. The van der Waals surface area contributed by atoms with Crippen LogP contribution in [0.2, 0.25) is 0 Å². The number of pyridine rings is 1. The molecule has 0 saturated carbocycles. The van der Waals surface area contributed by atoms with E-state index >= 15 is 13.2 Å². The molecular formula is C38H36F3N7O2S. The summed E-state index contributed by atoms with van der Waals surface area (Å²) < 4.78 is 58.2. The number of thiophene rings is 1. The minimum Gasteiger partial charge on any atom is -0.489 e. The number of likely N-dealkylation sites (tertiary alicyclic amines) is 1. The molecule has 2 aliphatic heterocycles. The minimum atomic E-state index is -0.899. The van der Waals surface area contributed by atoms with Crippen LogP contribution in [-0.2, 0) is 11.8 Å². The summed E-state index contributed by atoms with van der Waals surface area (Å²) in [7, 11) is 3.86. The molecule has 0 spiro atoms. The summed E-state index contributed by atoms with van der Waals surface area (Å²) in [5.41, 5.74) is 3.24. The number of hydrogen-bond donors (Lipinski definition) is 0. The largest absolute Gasteiger partial charge is 0.489 e. The van der Waals surface area contributed by atoms with E-state index in [1.807, 2.05) is 63.1 Å². The van der Waals surface area contributed by atoms with Gasteiger partial charge >= 0.3 is 0 Å². The van der Waals surface area contributed by atoms with Crippen LogP contribution >= 0.6 is 11.3 Å². The predicted octanol–water partition coefficient (Wildman–Crippen LogP) is 7.92. The zero-order valence-electron chi connectivity index (χ0n) is 28.7. The van der Waals surface area contributed by atoms with E-state index in [0.717, 1.165) is 47.1 Å². The van der Waals surface area contributed by atoms with Gasteiger partial charge in [-0.1, -0.05) is 18.7 Å². The number of hydrogen-bond acceptors (Lipinski definition) is 7. The summed E-state index contributed by atoms with van der Waals surface area (Å²) in [6.45, 7) is 9.46. The number of benzene rings is 2. The number of piperidine rings is 1. The zero-order chi connectivity index (χ0) is 35.7. The summed E-state index contributed by atoms with van der Waals surface area (Å²) in [6.07, 6.45) is 4.24. The van der Waals surface area contributed by atoms with E-state index in [1.54, 1.807) is 9.58 Å². The van der Waals surface area contributed by atoms with E-state index in [4.69, 9.17) is 14.8 Å². The third kappa shape index (κ3) is 5.68. The van der Waals surface area contributed by atoms with Crippen molar-refractivity contribution in [2.75, 3.05) is 26.7 Å². The van der Waals surface area contributed by atoms with E-state index in [1.165, 1.54) is 17.5 Å². The third-order valence-corrected chi connectivity index (χ3v) is 11.0. The van der Waals surface area contributed by atoms with Crippen molar-refractivity contribution in [2.24, 2.45) is 7.05 Å². The van der Waals surface area contributed by atoms with Crippen molar-refractivity contribution in [3.05, 3.63) is 83.8 Å². The van der Waals surface area contributed by atoms with E-state index in [9.17, 15) is 4.79 Å². The molecule has 0 N–H and O–H groups in total. The van der Waals surface area contributed by atoms with Crippen LogP contribution in [0.3, 0.4) is 0 Å². The normalized spacial score (nSPS) is 18.5. The van der Waals surface area contributed by atoms with Gasteiger partial charge in [-0.3, -0.25) is 14.2 Å². The maximum absolute atomic E-state index is 16.4. The van der Waals surface area contributed by atoms with Crippen LogP contribution in [-0.4, -0.2) is 73.0 Å². The molecule has 8 rings (SSSR count). The lowest BCUT2D eigenvalue weighted by molar-refractivity contribution is -0.129. The number of fused-ring (bicyclic) bond motifs is 3. The first kappa shape index (κ1) is 33.2. The first-order chi connectivity index (χ1) is 24.5. The van der Waals surface area contributed by atoms with Crippen LogP contribution in [0.5, 0.6) is 5.75 Å². The number of aromatic nitrogens is 5. The molecule has 2 atom stereocenters. The first-order valence-electron chi connectivity index (χ1n) is 16.9. The van der Waals surface area contributed by atoms with Crippen LogP contribution < -0.4 is 4.74 Å². The Balaban J connectivity index is 1.40. The molecule has 2 aromatic carbocycles. The van der Waals surface area contributed by atoms with Gasteiger partial charge in [0.05, 0.1) is 39.3 Å². The lowest BCUT2D eigenvalue weighted by Gasteiger charge is -2.36. The Kier molecular flexibility index (Phi) is 8.22. The molecule has 0 bridgehead atoms. The fraction of sp³-hybridized carbons (Fsp3) is 0.316. The number of halogens is 3. The van der Waals surface area contributed by atoms with Gasteiger partial charge in [-0.25, -0.2) is 18.2 Å². The second-order valence-electron chi connectivity index (χ2n) is 13.5. The summed E-state index contributed by atoms with van der Waals surface area (Å²) in [5.74, 6) is -2.50. The predicted molar refractivity (Wildman–Crippen MR) is 192 cm³/mol. The lowest BCUT2D eigenvalue weighted by Crippen LogP contribution is -2.42. The van der Waals surface area contributed by atoms with Crippen LogP contribution in [0.15, 0.2) is 60.6 Å². The fourth-order valence-electron chi connectivity index (χ4n) is 7.43. The number of ether oxygens (including phenoxy) is 1. The molecule has 0 aliphatic carbocycles. The van der Waals surface area contributed by atoms with Crippen LogP contribution in [0.1, 0.15) is 44.5 Å². The summed E-state index contributed by atoms with van der Waals surface area (Å²) in [6, 6.07) is 8.93. The van der Waals surface area contributed by atoms with Gasteiger partial charge < -0.3 is 14.5 Å². The molecule has 0 unspecified atom stereocenters. The van der Waals surface area contributed by atoms with E-state index in [2.05, 4.69) is 16.6 Å². The number of carbonyl (C=O) groups excluding carboxylic acids is 1. The second-order valence-corrected chi connectivity index (χ2v) is 14.4. The number of rotatable bonds is 6. The Morgan fingerprint density at radius 2 is 1.78 bits per heavy atom. The van der Waals surface area contributed by atoms with Crippen molar-refractivity contribution in [3.8, 4) is 39.5 Å². The average molecular weight is 712 g/mol. The topological polar surface area (TPSA) is 81.3 Å². The molecule has 1 amide bonds. The lowest BCUT2D eigenvalue weighted by atomic mass is 9.94. The minimum absolute atomic E-state index is 0.0203. The van der Waals surface area contributed by atoms with E-state index < -0.39 is 17.5 Å². The molecular weight excluding hydrogens is 676 g/mol. The molecule has 4 aromatic heterocycles. The fourth-order valence-corrected chi connectivity index (χ4v) is 8.36. The average Bonchev–Trinajstić information content (AvgIpc) is 3.83. The van der Waals surface area contributed by atoms with Crippen LogP contribution in [0.4, 0.5) is 13.2 Å². The molecule has 51 heavy (non-hydrogen) atoms. The SMILES string of the molecule is C=CC(=O)N1C[C@H](C)n2nc(-c3nc(-c4ccc5cn(C)nc5c4)c4scc(F)c4c3-c3c(F)cc(F)cc3OC3CCN(C)CC3)cc2[C@H]1C. The molecule has 6 aromatic rings. The standard InChI is InChI=1S/C38H36F3N7O2S/c1-6-32(49)47-17-20(2)48-30(21(47)3)16-29(44-48)37-35(33-26(40)14-24(39)15-31(33)50-25-9-11-45(4)12-10-25)34-27(41)19-51-38(34)36(42-37)22-7-8-23-18-46(5)43-28(23)13-22/h6-8,13-16,18-21,25H,1,9-12,17H2,2-5H3/t20-,21+/m0/s1. The highest BCUT2D eigenvalue weighted by molar-refractivity contribution is 7.17. The molecule has 6 heterocycles. The van der Waals surface area contributed by atoms with Crippen molar-refractivity contribution in [2.45, 2.75) is 44.9 Å². The van der Waals surface area contributed by atoms with Gasteiger partial charge in [-0.05, 0) is 51.9 Å². The van der Waals surface area contributed by atoms with Crippen molar-refractivity contribution in [1.29, 1.82) is 0 Å². The first-order valence-corrected chi connectivity index (χ1v) is 17.8. The van der Waals surface area contributed by atoms with Gasteiger partial charge in [0, 0.05) is 72.3 Å². The Morgan fingerprint density at radius 1 is 1.00 bits per heavy atom. The summed E-state index contributed by atoms with van der Waals surface area (Å²) in [4.78, 5) is 21.9. The van der Waals surface area contributed by atoms with Gasteiger partial charge in [0.15, 0.2) is 0 Å². The zero-order valence-corrected chi connectivity index (χ0v) is 29.5. The van der Waals surface area contributed by atoms with Crippen molar-refractivity contribution < 1.29 is 22.7 Å². The number of aryl methyl sites for hydroxylation is 1. The summed E-state index contributed by atoms with van der Waals surface area (Å²) in [5, 5.41) is 12.0. The molecule has 1 fully saturated rings. The molecule has 262 valence electrons. The highest BCUT2D eigenvalue weighted by atomic mass is 32.1. The summed E-state index contributed by atoms with van der Waals surface area (Å²) >= 11 is 1.16. The van der Waals surface area contributed by atoms with Gasteiger partial charge in [0.2, 0.25) is 5.91 Å². The van der Waals surface area contributed by atoms with Gasteiger partial charge in [0.1, 0.15) is 40.7 Å². The molecule has 9 nitrogen and oxygen atoms in total. The highest BCUT2D eigenvalue weighted by Gasteiger charge is 2.35. The maximum Gasteiger partial charge on any atom is 0.246 e. The van der Waals surface area contributed by atoms with Gasteiger partial charge in [-0.2, -0.15) is 10.2 Å². The molecule has 13 heteroatoms. The number of amides is 1. The van der Waals surface area contributed by atoms with Gasteiger partial charge in [-0.15, -0.1) is 11.3 Å². The van der Waals surface area contributed by atoms with E-state index in [-0.39, 0.29) is 52.1 Å². The molecule has 2 aliphatic rings. The maximum atomic E-state index is 16.4. The Bertz CT molecular complexity index is 2360. The van der Waals surface area contributed by atoms with Gasteiger partial charge in [0.25, 0.3) is 0 Å². The Labute approximate surface area is 296 Å². The van der Waals surface area contributed by atoms with Crippen LogP contribution in [0, 0.1) is 17.5 Å². The monoisotopic (exact) mass is 711 g/mol. The number of nitrogens with zero attached hydrogens (tertiary/aromatic N) is 7. The second kappa shape index (κ2) is 12.6. The van der Waals surface area contributed by atoms with Crippen LogP contribution in [0.25, 0.3) is 54.8 Å².